The van der Waals surface area contributed by atoms with Gasteiger partial charge in [-0.25, -0.2) is 0 Å². The third kappa shape index (κ3) is 3.04. The highest BCUT2D eigenvalue weighted by Crippen LogP contribution is 2.20. The smallest absolute Gasteiger partial charge is 0.161 e. The first-order chi connectivity index (χ1) is 8.29. The minimum absolute atomic E-state index is 0.203. The molecule has 0 bridgehead atoms. The van der Waals surface area contributed by atoms with Crippen LogP contribution in [-0.4, -0.2) is 24.1 Å². The Balaban J connectivity index is 2.02. The summed E-state index contributed by atoms with van der Waals surface area (Å²) in [7, 11) is 0. The van der Waals surface area contributed by atoms with Gasteiger partial charge in [0.15, 0.2) is 5.78 Å². The molecule has 2 aromatic carbocycles. The number of aliphatic hydroxyl groups is 1. The minimum Gasteiger partial charge on any atom is -0.493 e. The Morgan fingerprint density at radius 2 is 1.88 bits per heavy atom. The molecule has 3 nitrogen and oxygen atoms in total. The number of ketones is 1. The minimum atomic E-state index is -0.416. The Hall–Kier alpha value is -1.87. The number of carbonyl (C=O) groups excluding carboxylic acids is 1. The molecule has 0 aliphatic heterocycles. The number of benzene rings is 2. The van der Waals surface area contributed by atoms with Crippen molar-refractivity contribution in [3.8, 4) is 5.75 Å². The number of fused-ring (bicyclic) bond motifs is 1. The number of rotatable bonds is 5. The highest BCUT2D eigenvalue weighted by atomic mass is 16.5. The van der Waals surface area contributed by atoms with E-state index >= 15 is 0 Å². The van der Waals surface area contributed by atoms with Crippen molar-refractivity contribution < 1.29 is 14.6 Å². The van der Waals surface area contributed by atoms with Gasteiger partial charge in [-0.1, -0.05) is 30.3 Å². The fourth-order valence-electron chi connectivity index (χ4n) is 1.62. The van der Waals surface area contributed by atoms with Crippen LogP contribution in [-0.2, 0) is 4.79 Å². The largest absolute Gasteiger partial charge is 0.493 e. The van der Waals surface area contributed by atoms with Crippen molar-refractivity contribution in [2.24, 2.45) is 0 Å². The predicted octanol–water partition coefficient (Wildman–Crippen LogP) is 2.17. The summed E-state index contributed by atoms with van der Waals surface area (Å²) in [4.78, 5) is 10.9. The molecule has 0 saturated heterocycles. The normalized spacial score (nSPS) is 10.4. The average Bonchev–Trinajstić information content (AvgIpc) is 2.38. The lowest BCUT2D eigenvalue weighted by atomic mass is 10.1. The van der Waals surface area contributed by atoms with Crippen LogP contribution in [0, 0.1) is 0 Å². The lowest BCUT2D eigenvalue weighted by molar-refractivity contribution is -0.122. The molecule has 3 heteroatoms. The number of hydrogen-bond acceptors (Lipinski definition) is 3. The molecule has 1 N–H and O–H groups in total. The summed E-state index contributed by atoms with van der Waals surface area (Å²) in [5, 5.41) is 10.8. The van der Waals surface area contributed by atoms with Crippen molar-refractivity contribution in [1.82, 2.24) is 0 Å². The Kier molecular flexibility index (Phi) is 3.73. The Labute approximate surface area is 99.6 Å². The molecule has 0 unspecified atom stereocenters. The molecule has 0 saturated carbocycles. The lowest BCUT2D eigenvalue weighted by Crippen LogP contribution is -2.09. The van der Waals surface area contributed by atoms with E-state index in [4.69, 9.17) is 9.84 Å². The van der Waals surface area contributed by atoms with E-state index in [1.54, 1.807) is 0 Å². The molecule has 2 aromatic rings. The summed E-state index contributed by atoms with van der Waals surface area (Å²) in [6, 6.07) is 13.8. The van der Waals surface area contributed by atoms with Gasteiger partial charge in [0.25, 0.3) is 0 Å². The van der Waals surface area contributed by atoms with E-state index in [1.807, 2.05) is 42.5 Å². The molecule has 2 rings (SSSR count). The zero-order valence-corrected chi connectivity index (χ0v) is 9.43. The third-order valence-electron chi connectivity index (χ3n) is 2.55. The van der Waals surface area contributed by atoms with Crippen molar-refractivity contribution in [2.45, 2.75) is 6.42 Å². The SMILES string of the molecule is O=C(CO)CCOc1ccc2ccccc2c1. The molecule has 0 heterocycles. The number of hydrogen-bond donors (Lipinski definition) is 1. The number of Topliss-reactive ketones (excluding diaryl/α,β-unsaturated/α-hetero) is 1. The fraction of sp³-hybridized carbons (Fsp3) is 0.214. The molecular weight excluding hydrogens is 216 g/mol. The molecule has 0 spiro atoms. The summed E-state index contributed by atoms with van der Waals surface area (Å²) in [6.45, 7) is -0.112. The first-order valence-corrected chi connectivity index (χ1v) is 5.54. The second-order valence-corrected chi connectivity index (χ2v) is 3.80. The summed E-state index contributed by atoms with van der Waals surface area (Å²) in [6.07, 6.45) is 0.239. The van der Waals surface area contributed by atoms with Gasteiger partial charge in [0.2, 0.25) is 0 Å². The maximum Gasteiger partial charge on any atom is 0.161 e. The summed E-state index contributed by atoms with van der Waals surface area (Å²) in [5.41, 5.74) is 0. The standard InChI is InChI=1S/C14H14O3/c15-10-13(16)7-8-17-14-6-5-11-3-1-2-4-12(11)9-14/h1-6,9,15H,7-8,10H2. The topological polar surface area (TPSA) is 46.5 Å². The van der Waals surface area contributed by atoms with Crippen molar-refractivity contribution >= 4 is 16.6 Å². The molecule has 0 aromatic heterocycles. The average molecular weight is 230 g/mol. The van der Waals surface area contributed by atoms with Crippen molar-refractivity contribution in [3.63, 3.8) is 0 Å². The van der Waals surface area contributed by atoms with Crippen LogP contribution >= 0.6 is 0 Å². The Morgan fingerprint density at radius 3 is 2.65 bits per heavy atom. The molecular formula is C14H14O3. The van der Waals surface area contributed by atoms with Gasteiger partial charge < -0.3 is 9.84 Å². The summed E-state index contributed by atoms with van der Waals surface area (Å²) in [5.74, 6) is 0.542. The third-order valence-corrected chi connectivity index (χ3v) is 2.55. The van der Waals surface area contributed by atoms with Gasteiger partial charge in [-0.05, 0) is 22.9 Å². The molecule has 88 valence electrons. The van der Waals surface area contributed by atoms with Crippen LogP contribution < -0.4 is 4.74 Å². The van der Waals surface area contributed by atoms with Crippen LogP contribution in [0.25, 0.3) is 10.8 Å². The van der Waals surface area contributed by atoms with Gasteiger partial charge >= 0.3 is 0 Å². The summed E-state index contributed by atoms with van der Waals surface area (Å²) >= 11 is 0. The van der Waals surface area contributed by atoms with Gasteiger partial charge in [0, 0.05) is 6.42 Å². The van der Waals surface area contributed by atoms with E-state index in [0.717, 1.165) is 16.5 Å². The van der Waals surface area contributed by atoms with Gasteiger partial charge in [-0.15, -0.1) is 0 Å². The van der Waals surface area contributed by atoms with Crippen LogP contribution in [0.5, 0.6) is 5.75 Å². The Bertz CT molecular complexity index is 520. The second-order valence-electron chi connectivity index (χ2n) is 3.80. The molecule has 0 aliphatic rings. The van der Waals surface area contributed by atoms with Gasteiger partial charge in [0.05, 0.1) is 6.61 Å². The number of ether oxygens (including phenoxy) is 1. The quantitative estimate of drug-likeness (QED) is 0.856. The van der Waals surface area contributed by atoms with Crippen molar-refractivity contribution in [3.05, 3.63) is 42.5 Å². The van der Waals surface area contributed by atoms with Crippen molar-refractivity contribution in [2.75, 3.05) is 13.2 Å². The first kappa shape index (κ1) is 11.6. The lowest BCUT2D eigenvalue weighted by Gasteiger charge is -2.06. The highest BCUT2D eigenvalue weighted by Gasteiger charge is 2.01. The number of carbonyl (C=O) groups is 1. The van der Waals surface area contributed by atoms with Gasteiger partial charge in [0.1, 0.15) is 12.4 Å². The van der Waals surface area contributed by atoms with Gasteiger partial charge in [-0.2, -0.15) is 0 Å². The Morgan fingerprint density at radius 1 is 1.12 bits per heavy atom. The molecule has 0 atom stereocenters. The van der Waals surface area contributed by atoms with E-state index in [1.165, 1.54) is 0 Å². The van der Waals surface area contributed by atoms with Crippen LogP contribution in [0.4, 0.5) is 0 Å². The van der Waals surface area contributed by atoms with Crippen molar-refractivity contribution in [1.29, 1.82) is 0 Å². The second kappa shape index (κ2) is 5.46. The highest BCUT2D eigenvalue weighted by molar-refractivity contribution is 5.83. The monoisotopic (exact) mass is 230 g/mol. The van der Waals surface area contributed by atoms with Gasteiger partial charge in [-0.3, -0.25) is 4.79 Å². The molecule has 0 radical (unpaired) electrons. The van der Waals surface area contributed by atoms with Crippen LogP contribution in [0.3, 0.4) is 0 Å². The van der Waals surface area contributed by atoms with E-state index in [-0.39, 0.29) is 12.2 Å². The van der Waals surface area contributed by atoms with E-state index in [0.29, 0.717) is 6.61 Å². The molecule has 0 aliphatic carbocycles. The molecule has 0 fully saturated rings. The zero-order valence-electron chi connectivity index (χ0n) is 9.43. The van der Waals surface area contributed by atoms with E-state index in [9.17, 15) is 4.79 Å². The maximum absolute atomic E-state index is 10.9. The molecule has 17 heavy (non-hydrogen) atoms. The number of aliphatic hydroxyl groups excluding tert-OH is 1. The van der Waals surface area contributed by atoms with E-state index < -0.39 is 6.61 Å². The summed E-state index contributed by atoms with van der Waals surface area (Å²) < 4.78 is 5.45. The van der Waals surface area contributed by atoms with Crippen LogP contribution in [0.2, 0.25) is 0 Å². The fourth-order valence-corrected chi connectivity index (χ4v) is 1.62. The maximum atomic E-state index is 10.9. The molecule has 0 amide bonds. The predicted molar refractivity (Wildman–Crippen MR) is 66.2 cm³/mol. The van der Waals surface area contributed by atoms with E-state index in [2.05, 4.69) is 0 Å². The first-order valence-electron chi connectivity index (χ1n) is 5.54. The van der Waals surface area contributed by atoms with Crippen LogP contribution in [0.15, 0.2) is 42.5 Å². The van der Waals surface area contributed by atoms with Crippen LogP contribution in [0.1, 0.15) is 6.42 Å². The zero-order chi connectivity index (χ0) is 12.1.